The van der Waals surface area contributed by atoms with E-state index in [0.717, 1.165) is 34.5 Å². The number of nitro benzene ring substituents is 2. The number of fused-ring (bicyclic) bond motifs is 1. The Hall–Kier alpha value is -4.34. The Morgan fingerprint density at radius 3 is 2.10 bits per heavy atom. The molecular weight excluding hydrogens is 380 g/mol. The molecule has 0 unspecified atom stereocenters. The van der Waals surface area contributed by atoms with Crippen molar-refractivity contribution in [2.45, 2.75) is 6.42 Å². The Morgan fingerprint density at radius 1 is 0.828 bits per heavy atom. The standard InChI is InChI=1S/C19H14N4O6/c24-18(10-13-6-3-5-12-4-1-2-7-17(12)13)20-21-19(25)14-8-15(22(26)27)11-16(9-14)23(28)29/h1-9,11H,10H2,(H,20,24)(H,21,25). The molecule has 29 heavy (non-hydrogen) atoms. The number of non-ortho nitro benzene ring substituents is 2. The van der Waals surface area contributed by atoms with Crippen LogP contribution in [0, 0.1) is 20.2 Å². The molecule has 146 valence electrons. The maximum absolute atomic E-state index is 12.2. The number of nitrogens with zero attached hydrogens (tertiary/aromatic N) is 2. The molecule has 0 spiro atoms. The number of nitro groups is 2. The zero-order valence-electron chi connectivity index (χ0n) is 14.8. The summed E-state index contributed by atoms with van der Waals surface area (Å²) in [5, 5.41) is 23.7. The van der Waals surface area contributed by atoms with Crippen molar-refractivity contribution in [2.24, 2.45) is 0 Å². The van der Waals surface area contributed by atoms with Crippen LogP contribution in [0.5, 0.6) is 0 Å². The molecule has 2 amide bonds. The number of hydrogen-bond acceptors (Lipinski definition) is 6. The van der Waals surface area contributed by atoms with Crippen molar-refractivity contribution in [3.8, 4) is 0 Å². The Bertz CT molecular complexity index is 1110. The van der Waals surface area contributed by atoms with Crippen LogP contribution in [0.2, 0.25) is 0 Å². The van der Waals surface area contributed by atoms with Crippen LogP contribution in [0.3, 0.4) is 0 Å². The molecule has 0 fully saturated rings. The van der Waals surface area contributed by atoms with E-state index < -0.39 is 33.0 Å². The van der Waals surface area contributed by atoms with E-state index in [1.165, 1.54) is 0 Å². The first-order valence-corrected chi connectivity index (χ1v) is 8.35. The predicted octanol–water partition coefficient (Wildman–Crippen LogP) is 2.66. The van der Waals surface area contributed by atoms with Gasteiger partial charge >= 0.3 is 0 Å². The summed E-state index contributed by atoms with van der Waals surface area (Å²) in [7, 11) is 0. The maximum Gasteiger partial charge on any atom is 0.277 e. The molecule has 0 saturated carbocycles. The minimum absolute atomic E-state index is 0.0171. The van der Waals surface area contributed by atoms with Crippen LogP contribution in [0.25, 0.3) is 10.8 Å². The van der Waals surface area contributed by atoms with Gasteiger partial charge in [-0.25, -0.2) is 0 Å². The minimum atomic E-state index is -0.914. The molecule has 0 heterocycles. The van der Waals surface area contributed by atoms with Gasteiger partial charge in [0, 0.05) is 12.1 Å². The Labute approximate surface area is 163 Å². The molecular formula is C19H14N4O6. The van der Waals surface area contributed by atoms with Gasteiger partial charge in [-0.15, -0.1) is 0 Å². The molecule has 3 rings (SSSR count). The van der Waals surface area contributed by atoms with Crippen molar-refractivity contribution in [3.63, 3.8) is 0 Å². The lowest BCUT2D eigenvalue weighted by Crippen LogP contribution is -2.42. The lowest BCUT2D eigenvalue weighted by molar-refractivity contribution is -0.394. The molecule has 0 saturated heterocycles. The predicted molar refractivity (Wildman–Crippen MR) is 103 cm³/mol. The fourth-order valence-electron chi connectivity index (χ4n) is 2.80. The van der Waals surface area contributed by atoms with E-state index in [4.69, 9.17) is 0 Å². The van der Waals surface area contributed by atoms with Crippen LogP contribution in [0.4, 0.5) is 11.4 Å². The smallest absolute Gasteiger partial charge is 0.273 e. The maximum atomic E-state index is 12.2. The fraction of sp³-hybridized carbons (Fsp3) is 0.0526. The summed E-state index contributed by atoms with van der Waals surface area (Å²) in [6.45, 7) is 0. The zero-order valence-corrected chi connectivity index (χ0v) is 14.8. The van der Waals surface area contributed by atoms with Crippen LogP contribution in [-0.2, 0) is 11.2 Å². The minimum Gasteiger partial charge on any atom is -0.273 e. The number of carbonyl (C=O) groups is 2. The van der Waals surface area contributed by atoms with E-state index in [9.17, 15) is 29.8 Å². The van der Waals surface area contributed by atoms with Gasteiger partial charge in [-0.05, 0) is 16.3 Å². The van der Waals surface area contributed by atoms with E-state index in [0.29, 0.717) is 0 Å². The summed E-state index contributed by atoms with van der Waals surface area (Å²) < 4.78 is 0. The lowest BCUT2D eigenvalue weighted by atomic mass is 10.0. The van der Waals surface area contributed by atoms with Crippen molar-refractivity contribution >= 4 is 34.0 Å². The van der Waals surface area contributed by atoms with Gasteiger partial charge in [-0.3, -0.25) is 40.7 Å². The van der Waals surface area contributed by atoms with Gasteiger partial charge in [-0.2, -0.15) is 0 Å². The molecule has 0 aliphatic rings. The van der Waals surface area contributed by atoms with E-state index >= 15 is 0 Å². The van der Waals surface area contributed by atoms with Crippen molar-refractivity contribution < 1.29 is 19.4 Å². The molecule has 0 aliphatic heterocycles. The summed E-state index contributed by atoms with van der Waals surface area (Å²) in [4.78, 5) is 44.5. The third kappa shape index (κ3) is 4.50. The van der Waals surface area contributed by atoms with Crippen molar-refractivity contribution in [1.82, 2.24) is 10.9 Å². The number of benzene rings is 3. The van der Waals surface area contributed by atoms with Gasteiger partial charge in [0.05, 0.1) is 27.9 Å². The molecule has 0 aromatic heterocycles. The largest absolute Gasteiger partial charge is 0.277 e. The summed E-state index contributed by atoms with van der Waals surface area (Å²) in [6, 6.07) is 15.5. The SMILES string of the molecule is O=C(Cc1cccc2ccccc12)NNC(=O)c1cc([N+](=O)[O-])cc([N+](=O)[O-])c1. The van der Waals surface area contributed by atoms with Gasteiger partial charge in [0.25, 0.3) is 17.3 Å². The Balaban J connectivity index is 1.71. The highest BCUT2D eigenvalue weighted by Crippen LogP contribution is 2.22. The monoisotopic (exact) mass is 394 g/mol. The van der Waals surface area contributed by atoms with Gasteiger partial charge < -0.3 is 0 Å². The third-order valence-corrected chi connectivity index (χ3v) is 4.13. The van der Waals surface area contributed by atoms with Crippen LogP contribution >= 0.6 is 0 Å². The van der Waals surface area contributed by atoms with Crippen LogP contribution in [0.15, 0.2) is 60.7 Å². The van der Waals surface area contributed by atoms with E-state index in [-0.39, 0.29) is 12.0 Å². The van der Waals surface area contributed by atoms with Gasteiger partial charge in [0.1, 0.15) is 0 Å². The van der Waals surface area contributed by atoms with Gasteiger partial charge in [-0.1, -0.05) is 42.5 Å². The summed E-state index contributed by atoms with van der Waals surface area (Å²) in [5.74, 6) is -1.43. The molecule has 0 aliphatic carbocycles. The van der Waals surface area contributed by atoms with E-state index in [1.54, 1.807) is 6.07 Å². The molecule has 0 atom stereocenters. The van der Waals surface area contributed by atoms with Crippen molar-refractivity contribution in [3.05, 3.63) is 92.0 Å². The van der Waals surface area contributed by atoms with Crippen molar-refractivity contribution in [2.75, 3.05) is 0 Å². The summed E-state index contributed by atoms with van der Waals surface area (Å²) in [6.07, 6.45) is -0.0171. The van der Waals surface area contributed by atoms with Crippen LogP contribution in [0.1, 0.15) is 15.9 Å². The highest BCUT2D eigenvalue weighted by Gasteiger charge is 2.20. The average Bonchev–Trinajstić information content (AvgIpc) is 2.71. The zero-order chi connectivity index (χ0) is 21.0. The summed E-state index contributed by atoms with van der Waals surface area (Å²) >= 11 is 0. The number of amides is 2. The first kappa shape index (κ1) is 19.4. The second-order valence-electron chi connectivity index (χ2n) is 6.07. The second kappa shape index (κ2) is 8.13. The third-order valence-electron chi connectivity index (χ3n) is 4.13. The average molecular weight is 394 g/mol. The molecule has 10 heteroatoms. The van der Waals surface area contributed by atoms with E-state index in [1.807, 2.05) is 36.4 Å². The fourth-order valence-corrected chi connectivity index (χ4v) is 2.80. The quantitative estimate of drug-likeness (QED) is 0.503. The van der Waals surface area contributed by atoms with Gasteiger partial charge in [0.15, 0.2) is 0 Å². The van der Waals surface area contributed by atoms with Gasteiger partial charge in [0.2, 0.25) is 5.91 Å². The molecule has 10 nitrogen and oxygen atoms in total. The lowest BCUT2D eigenvalue weighted by Gasteiger charge is -2.09. The molecule has 2 N–H and O–H groups in total. The number of nitrogens with one attached hydrogen (secondary N) is 2. The Morgan fingerprint density at radius 2 is 1.45 bits per heavy atom. The molecule has 3 aromatic rings. The second-order valence-corrected chi connectivity index (χ2v) is 6.07. The number of hydrogen-bond donors (Lipinski definition) is 2. The number of carbonyl (C=O) groups excluding carboxylic acids is 2. The first-order chi connectivity index (χ1) is 13.8. The highest BCUT2D eigenvalue weighted by atomic mass is 16.6. The van der Waals surface area contributed by atoms with Crippen LogP contribution < -0.4 is 10.9 Å². The number of hydrazine groups is 1. The highest BCUT2D eigenvalue weighted by molar-refractivity contribution is 5.97. The molecule has 3 aromatic carbocycles. The molecule has 0 bridgehead atoms. The Kier molecular flexibility index (Phi) is 5.44. The van der Waals surface area contributed by atoms with Crippen molar-refractivity contribution in [1.29, 1.82) is 0 Å². The van der Waals surface area contributed by atoms with E-state index in [2.05, 4.69) is 10.9 Å². The normalized spacial score (nSPS) is 10.3. The molecule has 0 radical (unpaired) electrons. The van der Waals surface area contributed by atoms with Crippen LogP contribution in [-0.4, -0.2) is 21.7 Å². The topological polar surface area (TPSA) is 144 Å². The summed E-state index contributed by atoms with van der Waals surface area (Å²) in [5.41, 5.74) is 3.55. The first-order valence-electron chi connectivity index (χ1n) is 8.35. The number of rotatable bonds is 5.